The van der Waals surface area contributed by atoms with Crippen molar-refractivity contribution in [2.24, 2.45) is 0 Å². The van der Waals surface area contributed by atoms with E-state index in [1.165, 1.54) is 4.80 Å². The quantitative estimate of drug-likeness (QED) is 0.555. The fraction of sp³-hybridized carbons (Fsp3) is 0.0526. The van der Waals surface area contributed by atoms with Gasteiger partial charge in [0.25, 0.3) is 0 Å². The summed E-state index contributed by atoms with van der Waals surface area (Å²) < 4.78 is 0. The van der Waals surface area contributed by atoms with Gasteiger partial charge in [0.05, 0.1) is 0 Å². The number of aromatic nitrogens is 4. The number of carbonyl (C=O) groups is 1. The summed E-state index contributed by atoms with van der Waals surface area (Å²) in [7, 11) is 0. The number of tetrazole rings is 1. The lowest BCUT2D eigenvalue weighted by Gasteiger charge is -2.08. The number of anilines is 2. The van der Waals surface area contributed by atoms with Crippen LogP contribution in [0.15, 0.2) is 66.7 Å². The molecule has 0 radical (unpaired) electrons. The summed E-state index contributed by atoms with van der Waals surface area (Å²) >= 11 is 0. The predicted octanol–water partition coefficient (Wildman–Crippen LogP) is 2.71. The molecule has 0 aliphatic rings. The first kappa shape index (κ1) is 15.8. The maximum atomic E-state index is 12.4. The van der Waals surface area contributed by atoms with E-state index in [4.69, 9.17) is 5.73 Å². The Bertz CT molecular complexity index is 1080. The highest BCUT2D eigenvalue weighted by molar-refractivity contribution is 6.01. The number of nitrogens with one attached hydrogen (secondary N) is 1. The number of nitrogen functional groups attached to an aromatic ring is 1. The second-order valence-corrected chi connectivity index (χ2v) is 5.81. The Labute approximate surface area is 149 Å². The smallest absolute Gasteiger partial charge is 0.248 e. The van der Waals surface area contributed by atoms with Crippen molar-refractivity contribution in [1.82, 2.24) is 20.2 Å². The summed E-state index contributed by atoms with van der Waals surface area (Å²) in [5, 5.41) is 17.1. The summed E-state index contributed by atoms with van der Waals surface area (Å²) in [6.45, 7) is -0.0387. The van der Waals surface area contributed by atoms with Gasteiger partial charge in [0.15, 0.2) is 0 Å². The minimum Gasteiger partial charge on any atom is -0.398 e. The third-order valence-corrected chi connectivity index (χ3v) is 4.00. The number of carbonyl (C=O) groups excluding carboxylic acids is 1. The highest BCUT2D eigenvalue weighted by Crippen LogP contribution is 2.23. The van der Waals surface area contributed by atoms with Crippen molar-refractivity contribution in [3.05, 3.63) is 66.7 Å². The first-order valence-corrected chi connectivity index (χ1v) is 8.11. The van der Waals surface area contributed by atoms with Gasteiger partial charge in [-0.2, -0.15) is 4.80 Å². The number of nitrogens with two attached hydrogens (primary N) is 1. The van der Waals surface area contributed by atoms with Crippen LogP contribution in [0.25, 0.3) is 22.2 Å². The average Bonchev–Trinajstić information content (AvgIpc) is 3.10. The molecule has 0 aliphatic heterocycles. The molecule has 1 heterocycles. The fourth-order valence-corrected chi connectivity index (χ4v) is 2.77. The molecule has 3 N–H and O–H groups in total. The molecular formula is C19H16N6O. The van der Waals surface area contributed by atoms with Gasteiger partial charge < -0.3 is 11.1 Å². The average molecular weight is 344 g/mol. The number of hydrogen-bond donors (Lipinski definition) is 2. The predicted molar refractivity (Wildman–Crippen MR) is 100 cm³/mol. The van der Waals surface area contributed by atoms with Crippen molar-refractivity contribution in [3.8, 4) is 11.4 Å². The Morgan fingerprint density at radius 1 is 1.00 bits per heavy atom. The Balaban J connectivity index is 1.51. The molecule has 0 fully saturated rings. The molecule has 3 aromatic carbocycles. The minimum atomic E-state index is -0.230. The molecule has 0 bridgehead atoms. The van der Waals surface area contributed by atoms with Crippen LogP contribution in [0.2, 0.25) is 0 Å². The van der Waals surface area contributed by atoms with Crippen molar-refractivity contribution in [2.45, 2.75) is 6.54 Å². The molecule has 0 saturated heterocycles. The summed E-state index contributed by atoms with van der Waals surface area (Å²) in [6.07, 6.45) is 0. The SMILES string of the molecule is Nc1ccccc1-c1nnn(CC(=O)Nc2cccc3ccccc23)n1. The number of nitrogens with zero attached hydrogens (tertiary/aromatic N) is 4. The van der Waals surface area contributed by atoms with Crippen molar-refractivity contribution in [3.63, 3.8) is 0 Å². The Morgan fingerprint density at radius 2 is 1.77 bits per heavy atom. The van der Waals surface area contributed by atoms with Gasteiger partial charge in [0.2, 0.25) is 11.7 Å². The van der Waals surface area contributed by atoms with Crippen LogP contribution >= 0.6 is 0 Å². The minimum absolute atomic E-state index is 0.0387. The zero-order valence-corrected chi connectivity index (χ0v) is 13.8. The molecule has 0 saturated carbocycles. The number of para-hydroxylation sites is 1. The zero-order chi connectivity index (χ0) is 17.9. The summed E-state index contributed by atoms with van der Waals surface area (Å²) in [6, 6.07) is 20.9. The monoisotopic (exact) mass is 344 g/mol. The van der Waals surface area contributed by atoms with Gasteiger partial charge in [-0.15, -0.1) is 10.2 Å². The molecule has 26 heavy (non-hydrogen) atoms. The van der Waals surface area contributed by atoms with Crippen LogP contribution in [0.5, 0.6) is 0 Å². The number of rotatable bonds is 4. The Kier molecular flexibility index (Phi) is 4.03. The third-order valence-electron chi connectivity index (χ3n) is 4.00. The second kappa shape index (κ2) is 6.64. The molecule has 0 unspecified atom stereocenters. The van der Waals surface area contributed by atoms with Gasteiger partial charge in [-0.1, -0.05) is 48.5 Å². The molecule has 1 amide bonds. The first-order valence-electron chi connectivity index (χ1n) is 8.11. The standard InChI is InChI=1S/C19H16N6O/c20-16-10-4-3-9-15(16)19-22-24-25(23-19)12-18(26)21-17-11-5-7-13-6-1-2-8-14(13)17/h1-11H,12,20H2,(H,21,26). The lowest BCUT2D eigenvalue weighted by Crippen LogP contribution is -2.20. The molecular weight excluding hydrogens is 328 g/mol. The first-order chi connectivity index (χ1) is 12.7. The van der Waals surface area contributed by atoms with Gasteiger partial charge in [0.1, 0.15) is 6.54 Å². The van der Waals surface area contributed by atoms with E-state index in [2.05, 4.69) is 20.7 Å². The van der Waals surface area contributed by atoms with E-state index in [1.54, 1.807) is 6.07 Å². The molecule has 7 heteroatoms. The van der Waals surface area contributed by atoms with Crippen molar-refractivity contribution < 1.29 is 4.79 Å². The lowest BCUT2D eigenvalue weighted by atomic mass is 10.1. The molecule has 4 aromatic rings. The maximum absolute atomic E-state index is 12.4. The molecule has 0 aliphatic carbocycles. The van der Waals surface area contributed by atoms with E-state index < -0.39 is 0 Å². The van der Waals surface area contributed by atoms with E-state index in [9.17, 15) is 4.79 Å². The number of benzene rings is 3. The summed E-state index contributed by atoms with van der Waals surface area (Å²) in [4.78, 5) is 13.6. The van der Waals surface area contributed by atoms with Crippen molar-refractivity contribution in [1.29, 1.82) is 0 Å². The lowest BCUT2D eigenvalue weighted by molar-refractivity contribution is -0.117. The number of hydrogen-bond acceptors (Lipinski definition) is 5. The van der Waals surface area contributed by atoms with Gasteiger partial charge in [-0.3, -0.25) is 4.79 Å². The van der Waals surface area contributed by atoms with Crippen LogP contribution in [-0.4, -0.2) is 26.1 Å². The molecule has 4 rings (SSSR count). The normalized spacial score (nSPS) is 10.8. The largest absolute Gasteiger partial charge is 0.398 e. The fourth-order valence-electron chi connectivity index (χ4n) is 2.77. The van der Waals surface area contributed by atoms with Crippen molar-refractivity contribution in [2.75, 3.05) is 11.1 Å². The van der Waals surface area contributed by atoms with Gasteiger partial charge in [-0.25, -0.2) is 0 Å². The van der Waals surface area contributed by atoms with Crippen LogP contribution in [0, 0.1) is 0 Å². The van der Waals surface area contributed by atoms with Gasteiger partial charge in [0, 0.05) is 22.3 Å². The van der Waals surface area contributed by atoms with Crippen LogP contribution in [0.1, 0.15) is 0 Å². The highest BCUT2D eigenvalue weighted by Gasteiger charge is 2.12. The Morgan fingerprint density at radius 3 is 2.65 bits per heavy atom. The number of amides is 1. The van der Waals surface area contributed by atoms with Gasteiger partial charge in [-0.05, 0) is 28.8 Å². The summed E-state index contributed by atoms with van der Waals surface area (Å²) in [5.41, 5.74) is 7.92. The maximum Gasteiger partial charge on any atom is 0.248 e. The molecule has 0 spiro atoms. The zero-order valence-electron chi connectivity index (χ0n) is 13.8. The topological polar surface area (TPSA) is 98.7 Å². The highest BCUT2D eigenvalue weighted by atomic mass is 16.2. The second-order valence-electron chi connectivity index (χ2n) is 5.81. The van der Waals surface area contributed by atoms with Crippen LogP contribution < -0.4 is 11.1 Å². The molecule has 7 nitrogen and oxygen atoms in total. The van der Waals surface area contributed by atoms with E-state index in [1.807, 2.05) is 60.7 Å². The molecule has 1 aromatic heterocycles. The van der Waals surface area contributed by atoms with Crippen LogP contribution in [-0.2, 0) is 11.3 Å². The van der Waals surface area contributed by atoms with Crippen molar-refractivity contribution >= 4 is 28.1 Å². The van der Waals surface area contributed by atoms with Crippen LogP contribution in [0.4, 0.5) is 11.4 Å². The van der Waals surface area contributed by atoms with E-state index in [-0.39, 0.29) is 12.5 Å². The number of fused-ring (bicyclic) bond motifs is 1. The third kappa shape index (κ3) is 3.10. The Hall–Kier alpha value is -3.74. The van der Waals surface area contributed by atoms with Gasteiger partial charge >= 0.3 is 0 Å². The van der Waals surface area contributed by atoms with E-state index >= 15 is 0 Å². The molecule has 128 valence electrons. The molecule has 0 atom stereocenters. The van der Waals surface area contributed by atoms with Crippen LogP contribution in [0.3, 0.4) is 0 Å². The summed E-state index contributed by atoms with van der Waals surface area (Å²) in [5.74, 6) is 0.160. The van der Waals surface area contributed by atoms with E-state index in [0.29, 0.717) is 17.1 Å². The van der Waals surface area contributed by atoms with E-state index in [0.717, 1.165) is 16.5 Å².